The maximum absolute atomic E-state index is 15.3. The molecular weight excluding hydrogens is 540 g/mol. The number of likely N-dealkylation sites (tertiary alicyclic amines) is 1. The van der Waals surface area contributed by atoms with Crippen molar-refractivity contribution in [2.75, 3.05) is 19.7 Å². The van der Waals surface area contributed by atoms with E-state index in [1.807, 2.05) is 0 Å². The zero-order valence-electron chi connectivity index (χ0n) is 22.4. The summed E-state index contributed by atoms with van der Waals surface area (Å²) < 4.78 is 34.3. The Bertz CT molecular complexity index is 1470. The number of carboxylic acid groups (broad SMARTS) is 1. The summed E-state index contributed by atoms with van der Waals surface area (Å²) in [6.07, 6.45) is -0.435. The van der Waals surface area contributed by atoms with Crippen LogP contribution in [0.15, 0.2) is 47.8 Å². The number of carbonyl (C=O) groups is 2. The predicted molar refractivity (Wildman–Crippen MR) is 143 cm³/mol. The van der Waals surface area contributed by atoms with Gasteiger partial charge in [0.2, 0.25) is 0 Å². The van der Waals surface area contributed by atoms with Gasteiger partial charge in [-0.2, -0.15) is 10.1 Å². The van der Waals surface area contributed by atoms with E-state index in [9.17, 15) is 24.2 Å². The second kappa shape index (κ2) is 11.0. The summed E-state index contributed by atoms with van der Waals surface area (Å²) in [6, 6.07) is 11.5. The fraction of sp³-hybridized carbons (Fsp3) is 0.379. The van der Waals surface area contributed by atoms with Gasteiger partial charge in [0.15, 0.2) is 5.60 Å². The molecule has 1 aliphatic rings. The summed E-state index contributed by atoms with van der Waals surface area (Å²) in [4.78, 5) is 29.2. The molecule has 0 spiro atoms. The molecule has 0 radical (unpaired) electrons. The minimum Gasteiger partial charge on any atom is -0.459 e. The summed E-state index contributed by atoms with van der Waals surface area (Å²) >= 11 is 1.20. The van der Waals surface area contributed by atoms with Gasteiger partial charge in [0.1, 0.15) is 30.3 Å². The lowest BCUT2D eigenvalue weighted by Crippen LogP contribution is -2.68. The minimum absolute atomic E-state index is 0.0907. The first kappa shape index (κ1) is 29.3. The van der Waals surface area contributed by atoms with E-state index >= 15 is 4.39 Å². The van der Waals surface area contributed by atoms with Crippen LogP contribution < -0.4 is 0 Å². The van der Waals surface area contributed by atoms with Crippen LogP contribution in [0.25, 0.3) is 11.3 Å². The first-order valence-corrected chi connectivity index (χ1v) is 13.6. The Morgan fingerprint density at radius 3 is 2.60 bits per heavy atom. The molecule has 1 fully saturated rings. The second-order valence-corrected chi connectivity index (χ2v) is 11.4. The predicted octanol–water partition coefficient (Wildman–Crippen LogP) is 5.56. The Morgan fingerprint density at radius 1 is 1.27 bits per heavy atom. The molecule has 11 heteroatoms. The van der Waals surface area contributed by atoms with Crippen LogP contribution in [-0.2, 0) is 15.1 Å². The maximum atomic E-state index is 15.3. The zero-order valence-corrected chi connectivity index (χ0v) is 23.2. The van der Waals surface area contributed by atoms with E-state index in [2.05, 4.69) is 11.1 Å². The van der Waals surface area contributed by atoms with E-state index in [1.165, 1.54) is 18.3 Å². The molecule has 2 N–H and O–H groups in total. The summed E-state index contributed by atoms with van der Waals surface area (Å²) in [5.41, 5.74) is -1.97. The highest BCUT2D eigenvalue weighted by Gasteiger charge is 2.62. The Morgan fingerprint density at radius 2 is 1.98 bits per heavy atom. The van der Waals surface area contributed by atoms with Crippen LogP contribution in [0.5, 0.6) is 0 Å². The van der Waals surface area contributed by atoms with Gasteiger partial charge in [-0.05, 0) is 37.3 Å². The van der Waals surface area contributed by atoms with E-state index in [-0.39, 0.29) is 18.7 Å². The molecule has 1 aromatic heterocycles. The van der Waals surface area contributed by atoms with Gasteiger partial charge < -0.3 is 14.9 Å². The lowest BCUT2D eigenvalue weighted by molar-refractivity contribution is -0.902. The monoisotopic (exact) mass is 570 g/mol. The van der Waals surface area contributed by atoms with Crippen molar-refractivity contribution in [3.8, 4) is 17.3 Å². The Labute approximate surface area is 234 Å². The van der Waals surface area contributed by atoms with Crippen LogP contribution in [0.2, 0.25) is 0 Å². The molecule has 1 amide bonds. The van der Waals surface area contributed by atoms with Crippen molar-refractivity contribution in [3.63, 3.8) is 0 Å². The quantitative estimate of drug-likeness (QED) is 0.269. The number of thiazole rings is 1. The minimum atomic E-state index is -2.22. The van der Waals surface area contributed by atoms with Crippen LogP contribution in [0.3, 0.4) is 0 Å². The van der Waals surface area contributed by atoms with Crippen LogP contribution >= 0.6 is 11.3 Å². The lowest BCUT2D eigenvalue weighted by atomic mass is 9.79. The fourth-order valence-corrected chi connectivity index (χ4v) is 6.54. The summed E-state index contributed by atoms with van der Waals surface area (Å²) in [5.74, 6) is -3.21. The molecule has 2 heterocycles. The summed E-state index contributed by atoms with van der Waals surface area (Å²) in [5, 5.41) is 34.1. The van der Waals surface area contributed by atoms with Gasteiger partial charge in [-0.1, -0.05) is 19.1 Å². The molecule has 8 nitrogen and oxygen atoms in total. The van der Waals surface area contributed by atoms with Gasteiger partial charge in [0, 0.05) is 42.2 Å². The van der Waals surface area contributed by atoms with Gasteiger partial charge in [0.25, 0.3) is 0 Å². The molecule has 0 saturated carbocycles. The van der Waals surface area contributed by atoms with E-state index in [1.54, 1.807) is 43.5 Å². The largest absolute Gasteiger partial charge is 0.514 e. The average Bonchev–Trinajstić information content (AvgIpc) is 3.54. The van der Waals surface area contributed by atoms with Gasteiger partial charge in [-0.25, -0.2) is 18.2 Å². The zero-order chi connectivity index (χ0) is 29.3. The molecule has 1 aliphatic heterocycles. The van der Waals surface area contributed by atoms with E-state index in [0.29, 0.717) is 29.1 Å². The van der Waals surface area contributed by atoms with E-state index in [4.69, 9.17) is 10.00 Å². The third-order valence-electron chi connectivity index (χ3n) is 8.07. The Hall–Kier alpha value is -3.72. The summed E-state index contributed by atoms with van der Waals surface area (Å²) in [6.45, 7) is 3.84. The maximum Gasteiger partial charge on any atom is 0.514 e. The number of aliphatic hydroxyl groups is 1. The topological polar surface area (TPSA) is 121 Å². The number of benzene rings is 2. The molecule has 210 valence electrons. The molecule has 4 atom stereocenters. The normalized spacial score (nSPS) is 22.7. The number of quaternary nitrogens is 1. The smallest absolute Gasteiger partial charge is 0.459 e. The number of hydrogen-bond acceptors (Lipinski definition) is 7. The Balaban J connectivity index is 1.82. The van der Waals surface area contributed by atoms with Crippen molar-refractivity contribution >= 4 is 23.4 Å². The SMILES string of the molecule is CC(=O)OC[C@]1(C)CCC[N+]1(C[C@](O)(c1cc(F)ccc1F)[C@@H](C)c1nc(-c2ccc(C#N)cc2)cs1)C(=O)O. The number of nitrogens with zero attached hydrogens (tertiary/aromatic N) is 3. The molecule has 4 rings (SSSR count). The number of rotatable bonds is 8. The summed E-state index contributed by atoms with van der Waals surface area (Å²) in [7, 11) is 0. The van der Waals surface area contributed by atoms with Crippen molar-refractivity contribution in [3.05, 3.63) is 75.6 Å². The molecular formula is C29H30F2N3O5S+. The third-order valence-corrected chi connectivity index (χ3v) is 9.09. The fourth-order valence-electron chi connectivity index (χ4n) is 5.57. The van der Waals surface area contributed by atoms with Gasteiger partial charge in [0.05, 0.1) is 28.9 Å². The first-order valence-electron chi connectivity index (χ1n) is 12.7. The molecule has 0 aliphatic carbocycles. The van der Waals surface area contributed by atoms with Crippen LogP contribution in [0.4, 0.5) is 13.6 Å². The van der Waals surface area contributed by atoms with Crippen LogP contribution in [0, 0.1) is 23.0 Å². The first-order chi connectivity index (χ1) is 18.8. The molecule has 1 unspecified atom stereocenters. The van der Waals surface area contributed by atoms with Gasteiger partial charge >= 0.3 is 12.1 Å². The van der Waals surface area contributed by atoms with E-state index < -0.39 is 51.8 Å². The number of halogens is 2. The third kappa shape index (κ3) is 5.22. The van der Waals surface area contributed by atoms with Crippen molar-refractivity contribution in [2.45, 2.75) is 50.7 Å². The molecule has 1 saturated heterocycles. The van der Waals surface area contributed by atoms with Crippen LogP contribution in [0.1, 0.15) is 55.7 Å². The number of esters is 1. The number of hydrogen-bond donors (Lipinski definition) is 2. The highest BCUT2D eigenvalue weighted by Crippen LogP contribution is 2.47. The Kier molecular flexibility index (Phi) is 8.08. The number of nitriles is 1. The van der Waals surface area contributed by atoms with Gasteiger partial charge in [-0.15, -0.1) is 11.3 Å². The number of ether oxygens (including phenoxy) is 1. The van der Waals surface area contributed by atoms with Crippen LogP contribution in [-0.4, -0.2) is 57.0 Å². The second-order valence-electron chi connectivity index (χ2n) is 10.5. The standard InChI is InChI=1S/C29H29F2N3O5S/c1-18(26-33-25(15-40-26)21-7-5-20(14-32)6-8-21)29(38,23-13-22(30)9-10-24(23)31)16-34(27(36)37)12-4-11-28(34,3)17-39-19(2)35/h5-10,13,15,18,38H,4,11-12,16-17H2,1-3H3/p+1/t18-,28-,29+,34?/m0/s1. The van der Waals surface area contributed by atoms with Crippen molar-refractivity contribution < 1.29 is 37.8 Å². The highest BCUT2D eigenvalue weighted by atomic mass is 32.1. The highest BCUT2D eigenvalue weighted by molar-refractivity contribution is 7.10. The van der Waals surface area contributed by atoms with E-state index in [0.717, 1.165) is 23.8 Å². The lowest BCUT2D eigenvalue weighted by Gasteiger charge is -2.47. The number of aromatic nitrogens is 1. The number of carbonyl (C=O) groups excluding carboxylic acids is 1. The molecule has 40 heavy (non-hydrogen) atoms. The van der Waals surface area contributed by atoms with Crippen molar-refractivity contribution in [1.82, 2.24) is 4.98 Å². The molecule has 3 aromatic rings. The molecule has 0 bridgehead atoms. The average molecular weight is 571 g/mol. The van der Waals surface area contributed by atoms with Crippen molar-refractivity contribution in [1.29, 1.82) is 5.26 Å². The molecule has 2 aromatic carbocycles. The van der Waals surface area contributed by atoms with Gasteiger partial charge in [-0.3, -0.25) is 4.79 Å². The number of amides is 1. The van der Waals surface area contributed by atoms with Crippen molar-refractivity contribution in [2.24, 2.45) is 0 Å².